The van der Waals surface area contributed by atoms with E-state index in [-0.39, 0.29) is 0 Å². The van der Waals surface area contributed by atoms with Gasteiger partial charge in [-0.25, -0.2) is 0 Å². The molecule has 17 heavy (non-hydrogen) atoms. The molecule has 2 N–H and O–H groups in total. The second kappa shape index (κ2) is 8.97. The molecule has 102 valence electrons. The van der Waals surface area contributed by atoms with Crippen molar-refractivity contribution < 1.29 is 0 Å². The molecule has 1 aliphatic carbocycles. The lowest BCUT2D eigenvalue weighted by Crippen LogP contribution is -2.28. The van der Waals surface area contributed by atoms with E-state index in [9.17, 15) is 0 Å². The van der Waals surface area contributed by atoms with Crippen molar-refractivity contribution >= 4 is 0 Å². The summed E-state index contributed by atoms with van der Waals surface area (Å²) in [5.74, 6) is 1.92. The third kappa shape index (κ3) is 6.45. The second-order valence-corrected chi connectivity index (χ2v) is 6.21. The van der Waals surface area contributed by atoms with Gasteiger partial charge in [0.05, 0.1) is 0 Å². The van der Waals surface area contributed by atoms with Gasteiger partial charge in [-0.3, -0.25) is 0 Å². The summed E-state index contributed by atoms with van der Waals surface area (Å²) in [4.78, 5) is 0. The molecule has 1 nitrogen and oxygen atoms in total. The van der Waals surface area contributed by atoms with Gasteiger partial charge in [-0.15, -0.1) is 0 Å². The van der Waals surface area contributed by atoms with Gasteiger partial charge in [-0.05, 0) is 37.5 Å². The minimum atomic E-state index is 0.507. The van der Waals surface area contributed by atoms with Crippen LogP contribution in [-0.4, -0.2) is 6.04 Å². The van der Waals surface area contributed by atoms with Crippen LogP contribution in [-0.2, 0) is 0 Å². The van der Waals surface area contributed by atoms with Crippen LogP contribution in [0.1, 0.15) is 84.5 Å². The third-order valence-electron chi connectivity index (χ3n) is 4.63. The van der Waals surface area contributed by atoms with Gasteiger partial charge in [-0.1, -0.05) is 58.8 Å². The van der Waals surface area contributed by atoms with Crippen LogP contribution in [0, 0.1) is 11.8 Å². The highest BCUT2D eigenvalue weighted by atomic mass is 14.6. The van der Waals surface area contributed by atoms with Gasteiger partial charge in [0.15, 0.2) is 0 Å². The van der Waals surface area contributed by atoms with E-state index in [1.54, 1.807) is 0 Å². The SMILES string of the molecule is CCCCCCCCC(C)C1CCC(N)CC1. The molecular formula is C16H33N. The number of rotatable bonds is 8. The number of hydrogen-bond donors (Lipinski definition) is 1. The van der Waals surface area contributed by atoms with Crippen LogP contribution in [0.15, 0.2) is 0 Å². The zero-order valence-corrected chi connectivity index (χ0v) is 12.1. The van der Waals surface area contributed by atoms with Crippen molar-refractivity contribution in [3.05, 3.63) is 0 Å². The molecule has 0 aromatic rings. The Balaban J connectivity index is 1.99. The summed E-state index contributed by atoms with van der Waals surface area (Å²) in [6, 6.07) is 0.507. The summed E-state index contributed by atoms with van der Waals surface area (Å²) < 4.78 is 0. The van der Waals surface area contributed by atoms with Gasteiger partial charge in [0, 0.05) is 6.04 Å². The molecule has 0 amide bonds. The fraction of sp³-hybridized carbons (Fsp3) is 1.00. The van der Waals surface area contributed by atoms with Crippen molar-refractivity contribution in [3.8, 4) is 0 Å². The fourth-order valence-corrected chi connectivity index (χ4v) is 3.20. The summed E-state index contributed by atoms with van der Waals surface area (Å²) in [5, 5.41) is 0. The fourth-order valence-electron chi connectivity index (χ4n) is 3.20. The van der Waals surface area contributed by atoms with Crippen molar-refractivity contribution in [2.75, 3.05) is 0 Å². The molecular weight excluding hydrogens is 206 g/mol. The van der Waals surface area contributed by atoms with E-state index in [4.69, 9.17) is 5.73 Å². The highest BCUT2D eigenvalue weighted by molar-refractivity contribution is 4.77. The van der Waals surface area contributed by atoms with Crippen LogP contribution in [0.25, 0.3) is 0 Å². The summed E-state index contributed by atoms with van der Waals surface area (Å²) in [6.07, 6.45) is 15.4. The molecule has 0 aromatic heterocycles. The molecule has 1 fully saturated rings. The van der Waals surface area contributed by atoms with Crippen LogP contribution in [0.5, 0.6) is 0 Å². The van der Waals surface area contributed by atoms with Crippen molar-refractivity contribution in [2.45, 2.75) is 90.5 Å². The Morgan fingerprint density at radius 3 is 2.18 bits per heavy atom. The molecule has 1 heteroatoms. The van der Waals surface area contributed by atoms with Crippen molar-refractivity contribution in [1.29, 1.82) is 0 Å². The monoisotopic (exact) mass is 239 g/mol. The Bertz CT molecular complexity index is 170. The second-order valence-electron chi connectivity index (χ2n) is 6.21. The lowest BCUT2D eigenvalue weighted by molar-refractivity contribution is 0.232. The minimum absolute atomic E-state index is 0.507. The van der Waals surface area contributed by atoms with Crippen molar-refractivity contribution in [2.24, 2.45) is 17.6 Å². The van der Waals surface area contributed by atoms with Gasteiger partial charge in [-0.2, -0.15) is 0 Å². The van der Waals surface area contributed by atoms with Gasteiger partial charge in [0.1, 0.15) is 0 Å². The average Bonchev–Trinajstić information content (AvgIpc) is 2.34. The minimum Gasteiger partial charge on any atom is -0.328 e. The summed E-state index contributed by atoms with van der Waals surface area (Å²) in [6.45, 7) is 4.75. The summed E-state index contributed by atoms with van der Waals surface area (Å²) in [7, 11) is 0. The first-order valence-corrected chi connectivity index (χ1v) is 7.99. The normalized spacial score (nSPS) is 27.0. The molecule has 0 spiro atoms. The van der Waals surface area contributed by atoms with E-state index in [0.29, 0.717) is 6.04 Å². The van der Waals surface area contributed by atoms with E-state index in [1.807, 2.05) is 0 Å². The molecule has 0 aliphatic heterocycles. The third-order valence-corrected chi connectivity index (χ3v) is 4.63. The molecule has 0 heterocycles. The largest absolute Gasteiger partial charge is 0.328 e. The quantitative estimate of drug-likeness (QED) is 0.600. The van der Waals surface area contributed by atoms with Crippen molar-refractivity contribution in [3.63, 3.8) is 0 Å². The lowest BCUT2D eigenvalue weighted by atomic mass is 9.77. The lowest BCUT2D eigenvalue weighted by Gasteiger charge is -2.30. The Morgan fingerprint density at radius 2 is 1.53 bits per heavy atom. The Morgan fingerprint density at radius 1 is 0.941 bits per heavy atom. The molecule has 1 atom stereocenters. The molecule has 0 aromatic carbocycles. The Hall–Kier alpha value is -0.0400. The van der Waals surface area contributed by atoms with Crippen LogP contribution in [0.4, 0.5) is 0 Å². The zero-order chi connectivity index (χ0) is 12.5. The molecule has 0 saturated heterocycles. The predicted molar refractivity (Wildman–Crippen MR) is 77.1 cm³/mol. The van der Waals surface area contributed by atoms with E-state index < -0.39 is 0 Å². The highest BCUT2D eigenvalue weighted by Gasteiger charge is 2.22. The first-order valence-electron chi connectivity index (χ1n) is 7.99. The summed E-state index contributed by atoms with van der Waals surface area (Å²) in [5.41, 5.74) is 5.97. The zero-order valence-electron chi connectivity index (χ0n) is 12.1. The molecule has 1 rings (SSSR count). The molecule has 0 bridgehead atoms. The van der Waals surface area contributed by atoms with Crippen LogP contribution in [0.2, 0.25) is 0 Å². The smallest absolute Gasteiger partial charge is 0.00390 e. The maximum atomic E-state index is 5.97. The average molecular weight is 239 g/mol. The highest BCUT2D eigenvalue weighted by Crippen LogP contribution is 2.32. The topological polar surface area (TPSA) is 26.0 Å². The Kier molecular flexibility index (Phi) is 7.92. The van der Waals surface area contributed by atoms with Crippen molar-refractivity contribution in [1.82, 2.24) is 0 Å². The summed E-state index contributed by atoms with van der Waals surface area (Å²) >= 11 is 0. The van der Waals surface area contributed by atoms with E-state index in [1.165, 1.54) is 70.6 Å². The predicted octanol–water partition coefficient (Wildman–Crippen LogP) is 4.89. The molecule has 1 aliphatic rings. The van der Waals surface area contributed by atoms with Gasteiger partial charge in [0.25, 0.3) is 0 Å². The first-order chi connectivity index (χ1) is 8.24. The number of hydrogen-bond acceptors (Lipinski definition) is 1. The van der Waals surface area contributed by atoms with E-state index >= 15 is 0 Å². The molecule has 0 radical (unpaired) electrons. The van der Waals surface area contributed by atoms with Crippen LogP contribution in [0.3, 0.4) is 0 Å². The van der Waals surface area contributed by atoms with Gasteiger partial charge < -0.3 is 5.73 Å². The maximum Gasteiger partial charge on any atom is 0.00390 e. The standard InChI is InChI=1S/C16H33N/c1-3-4-5-6-7-8-9-14(2)15-10-12-16(17)13-11-15/h14-16H,3-13,17H2,1-2H3. The maximum absolute atomic E-state index is 5.97. The number of unbranched alkanes of at least 4 members (excludes halogenated alkanes) is 5. The van der Waals surface area contributed by atoms with Crippen LogP contribution >= 0.6 is 0 Å². The van der Waals surface area contributed by atoms with E-state index in [0.717, 1.165) is 11.8 Å². The van der Waals surface area contributed by atoms with Gasteiger partial charge >= 0.3 is 0 Å². The van der Waals surface area contributed by atoms with Gasteiger partial charge in [0.2, 0.25) is 0 Å². The first kappa shape index (κ1) is 15.0. The Labute approximate surface area is 109 Å². The molecule has 1 unspecified atom stereocenters. The van der Waals surface area contributed by atoms with E-state index in [2.05, 4.69) is 13.8 Å². The number of nitrogens with two attached hydrogens (primary N) is 1. The van der Waals surface area contributed by atoms with Crippen LogP contribution < -0.4 is 5.73 Å². The molecule has 1 saturated carbocycles.